The molecule has 0 radical (unpaired) electrons. The summed E-state index contributed by atoms with van der Waals surface area (Å²) < 4.78 is 0. The second-order valence-electron chi connectivity index (χ2n) is 4.55. The molecular formula is C14H24O2. The van der Waals surface area contributed by atoms with Gasteiger partial charge >= 0.3 is 0 Å². The topological polar surface area (TPSA) is 34.1 Å². The lowest BCUT2D eigenvalue weighted by molar-refractivity contribution is -0.117. The van der Waals surface area contributed by atoms with Crippen LogP contribution in [-0.4, -0.2) is 12.1 Å². The smallest absolute Gasteiger partial charge is 0.145 e. The maximum atomic E-state index is 10.9. The van der Waals surface area contributed by atoms with Crippen molar-refractivity contribution in [2.45, 2.75) is 59.3 Å². The van der Waals surface area contributed by atoms with E-state index in [9.17, 15) is 9.59 Å². The highest BCUT2D eigenvalue weighted by Gasteiger charge is 2.04. The summed E-state index contributed by atoms with van der Waals surface area (Å²) in [6.07, 6.45) is 8.83. The van der Waals surface area contributed by atoms with E-state index in [0.717, 1.165) is 44.0 Å². The molecule has 16 heavy (non-hydrogen) atoms. The number of hydrogen-bond donors (Lipinski definition) is 0. The van der Waals surface area contributed by atoms with E-state index in [4.69, 9.17) is 0 Å². The maximum Gasteiger partial charge on any atom is 0.145 e. The van der Waals surface area contributed by atoms with Crippen LogP contribution in [0.4, 0.5) is 0 Å². The number of hydrogen-bond acceptors (Lipinski definition) is 2. The van der Waals surface area contributed by atoms with Gasteiger partial charge in [-0.05, 0) is 37.7 Å². The SMILES string of the molecule is CCC(C=O)=CCCCCC(C)CC(C)=O. The van der Waals surface area contributed by atoms with Crippen molar-refractivity contribution in [3.8, 4) is 0 Å². The van der Waals surface area contributed by atoms with E-state index in [1.54, 1.807) is 6.92 Å². The van der Waals surface area contributed by atoms with Crippen molar-refractivity contribution in [2.75, 3.05) is 0 Å². The highest BCUT2D eigenvalue weighted by atomic mass is 16.1. The van der Waals surface area contributed by atoms with Crippen molar-refractivity contribution >= 4 is 12.1 Å². The van der Waals surface area contributed by atoms with Gasteiger partial charge in [0, 0.05) is 6.42 Å². The fraction of sp³-hybridized carbons (Fsp3) is 0.714. The highest BCUT2D eigenvalue weighted by Crippen LogP contribution is 2.14. The van der Waals surface area contributed by atoms with E-state index in [0.29, 0.717) is 12.3 Å². The van der Waals surface area contributed by atoms with Crippen LogP contribution in [0.2, 0.25) is 0 Å². The van der Waals surface area contributed by atoms with Crippen molar-refractivity contribution in [1.29, 1.82) is 0 Å². The number of aldehydes is 1. The zero-order chi connectivity index (χ0) is 12.4. The first-order chi connectivity index (χ1) is 7.60. The Morgan fingerprint density at radius 1 is 1.31 bits per heavy atom. The lowest BCUT2D eigenvalue weighted by Crippen LogP contribution is -2.01. The lowest BCUT2D eigenvalue weighted by atomic mass is 9.98. The third kappa shape index (κ3) is 8.39. The molecular weight excluding hydrogens is 200 g/mol. The van der Waals surface area contributed by atoms with Gasteiger partial charge in [0.1, 0.15) is 12.1 Å². The molecule has 0 aromatic carbocycles. The van der Waals surface area contributed by atoms with Gasteiger partial charge in [-0.1, -0.05) is 32.8 Å². The first kappa shape index (κ1) is 15.1. The Morgan fingerprint density at radius 2 is 2.00 bits per heavy atom. The van der Waals surface area contributed by atoms with Crippen molar-refractivity contribution in [3.05, 3.63) is 11.6 Å². The van der Waals surface area contributed by atoms with Crippen molar-refractivity contribution in [2.24, 2.45) is 5.92 Å². The van der Waals surface area contributed by atoms with Gasteiger partial charge in [-0.2, -0.15) is 0 Å². The van der Waals surface area contributed by atoms with Gasteiger partial charge in [0.2, 0.25) is 0 Å². The van der Waals surface area contributed by atoms with Crippen LogP contribution in [-0.2, 0) is 9.59 Å². The molecule has 0 aromatic rings. The first-order valence-corrected chi connectivity index (χ1v) is 6.23. The molecule has 92 valence electrons. The van der Waals surface area contributed by atoms with Gasteiger partial charge < -0.3 is 4.79 Å². The molecule has 0 fully saturated rings. The third-order valence-corrected chi connectivity index (χ3v) is 2.75. The molecule has 0 saturated heterocycles. The van der Waals surface area contributed by atoms with Gasteiger partial charge in [0.05, 0.1) is 0 Å². The van der Waals surface area contributed by atoms with Crippen LogP contribution in [0.25, 0.3) is 0 Å². The van der Waals surface area contributed by atoms with Crippen LogP contribution in [0.1, 0.15) is 59.3 Å². The second kappa shape index (κ2) is 9.32. The number of carbonyl (C=O) groups is 2. The van der Waals surface area contributed by atoms with Gasteiger partial charge in [-0.15, -0.1) is 0 Å². The molecule has 0 spiro atoms. The summed E-state index contributed by atoms with van der Waals surface area (Å²) in [7, 11) is 0. The van der Waals surface area contributed by atoms with Crippen LogP contribution < -0.4 is 0 Å². The first-order valence-electron chi connectivity index (χ1n) is 6.23. The average Bonchev–Trinajstić information content (AvgIpc) is 2.22. The number of unbranched alkanes of at least 4 members (excludes halogenated alkanes) is 2. The molecule has 1 atom stereocenters. The van der Waals surface area contributed by atoms with Gasteiger partial charge in [-0.25, -0.2) is 0 Å². The molecule has 0 aromatic heterocycles. The number of Topliss-reactive ketones (excluding diaryl/α,β-unsaturated/α-hetero) is 1. The third-order valence-electron chi connectivity index (χ3n) is 2.75. The minimum Gasteiger partial charge on any atom is -0.300 e. The number of carbonyl (C=O) groups excluding carboxylic acids is 2. The molecule has 0 N–H and O–H groups in total. The summed E-state index contributed by atoms with van der Waals surface area (Å²) in [5.74, 6) is 0.778. The Hall–Kier alpha value is -0.920. The summed E-state index contributed by atoms with van der Waals surface area (Å²) in [4.78, 5) is 21.4. The molecule has 0 amide bonds. The summed E-state index contributed by atoms with van der Waals surface area (Å²) >= 11 is 0. The predicted molar refractivity (Wildman–Crippen MR) is 67.4 cm³/mol. The van der Waals surface area contributed by atoms with E-state index < -0.39 is 0 Å². The van der Waals surface area contributed by atoms with E-state index in [-0.39, 0.29) is 5.78 Å². The Balaban J connectivity index is 3.56. The van der Waals surface area contributed by atoms with Crippen LogP contribution in [0.5, 0.6) is 0 Å². The number of allylic oxidation sites excluding steroid dienone is 2. The molecule has 1 unspecified atom stereocenters. The second-order valence-corrected chi connectivity index (χ2v) is 4.55. The van der Waals surface area contributed by atoms with Crippen LogP contribution in [0, 0.1) is 5.92 Å². The summed E-state index contributed by atoms with van der Waals surface area (Å²) in [6.45, 7) is 5.77. The molecule has 0 aliphatic rings. The molecule has 0 saturated carbocycles. The summed E-state index contributed by atoms with van der Waals surface area (Å²) in [6, 6.07) is 0. The molecule has 0 aliphatic heterocycles. The van der Waals surface area contributed by atoms with E-state index in [2.05, 4.69) is 6.92 Å². The fourth-order valence-electron chi connectivity index (χ4n) is 1.79. The zero-order valence-electron chi connectivity index (χ0n) is 10.8. The Kier molecular flexibility index (Phi) is 8.78. The molecule has 0 aliphatic carbocycles. The van der Waals surface area contributed by atoms with Gasteiger partial charge in [0.15, 0.2) is 0 Å². The van der Waals surface area contributed by atoms with E-state index in [1.165, 1.54) is 0 Å². The molecule has 0 bridgehead atoms. The Morgan fingerprint density at radius 3 is 2.50 bits per heavy atom. The quantitative estimate of drug-likeness (QED) is 0.340. The van der Waals surface area contributed by atoms with Gasteiger partial charge in [-0.3, -0.25) is 4.79 Å². The molecule has 2 heteroatoms. The minimum absolute atomic E-state index is 0.279. The minimum atomic E-state index is 0.279. The largest absolute Gasteiger partial charge is 0.300 e. The molecule has 0 rings (SSSR count). The summed E-state index contributed by atoms with van der Waals surface area (Å²) in [5.41, 5.74) is 0.900. The lowest BCUT2D eigenvalue weighted by Gasteiger charge is -2.07. The number of rotatable bonds is 9. The van der Waals surface area contributed by atoms with Crippen molar-refractivity contribution in [1.82, 2.24) is 0 Å². The fourth-order valence-corrected chi connectivity index (χ4v) is 1.79. The van der Waals surface area contributed by atoms with Gasteiger partial charge in [0.25, 0.3) is 0 Å². The standard InChI is InChI=1S/C14H24O2/c1-4-14(11-15)9-7-5-6-8-12(2)10-13(3)16/h9,11-12H,4-8,10H2,1-3H3. The number of ketones is 1. The summed E-state index contributed by atoms with van der Waals surface area (Å²) in [5, 5.41) is 0. The van der Waals surface area contributed by atoms with Crippen LogP contribution in [0.15, 0.2) is 11.6 Å². The van der Waals surface area contributed by atoms with Crippen molar-refractivity contribution < 1.29 is 9.59 Å². The van der Waals surface area contributed by atoms with E-state index >= 15 is 0 Å². The van der Waals surface area contributed by atoms with Crippen LogP contribution in [0.3, 0.4) is 0 Å². The van der Waals surface area contributed by atoms with E-state index in [1.807, 2.05) is 13.0 Å². The maximum absolute atomic E-state index is 10.9. The van der Waals surface area contributed by atoms with Crippen LogP contribution >= 0.6 is 0 Å². The predicted octanol–water partition coefficient (Wildman–Crippen LogP) is 3.70. The zero-order valence-corrected chi connectivity index (χ0v) is 10.8. The Labute approximate surface area is 99.1 Å². The average molecular weight is 224 g/mol. The molecule has 0 heterocycles. The highest BCUT2D eigenvalue weighted by molar-refractivity contribution is 5.75. The Bertz CT molecular complexity index is 241. The normalized spacial score (nSPS) is 13.6. The monoisotopic (exact) mass is 224 g/mol. The molecule has 2 nitrogen and oxygen atoms in total. The van der Waals surface area contributed by atoms with Crippen molar-refractivity contribution in [3.63, 3.8) is 0 Å².